The standard InChI is InChI=1S/C17H17ClN2O/c1-2-20(15-9-4-3-5-10-15)17(21)19-13-12-14-8-6-7-11-16(14)18/h3-13H,2H2,1H3,(H,19,21)/b13-12+. The quantitative estimate of drug-likeness (QED) is 0.883. The first-order chi connectivity index (χ1) is 10.2. The molecule has 108 valence electrons. The average Bonchev–Trinajstić information content (AvgIpc) is 2.51. The summed E-state index contributed by atoms with van der Waals surface area (Å²) < 4.78 is 0. The van der Waals surface area contributed by atoms with Gasteiger partial charge in [-0.2, -0.15) is 0 Å². The van der Waals surface area contributed by atoms with Crippen LogP contribution in [-0.2, 0) is 0 Å². The first kappa shape index (κ1) is 15.1. The van der Waals surface area contributed by atoms with E-state index in [0.29, 0.717) is 11.6 Å². The van der Waals surface area contributed by atoms with Gasteiger partial charge in [-0.15, -0.1) is 0 Å². The fraction of sp³-hybridized carbons (Fsp3) is 0.118. The fourth-order valence-corrected chi connectivity index (χ4v) is 2.14. The molecule has 4 heteroatoms. The Hall–Kier alpha value is -2.26. The van der Waals surface area contributed by atoms with Crippen LogP contribution >= 0.6 is 11.6 Å². The fourth-order valence-electron chi connectivity index (χ4n) is 1.94. The number of rotatable bonds is 4. The van der Waals surface area contributed by atoms with E-state index in [-0.39, 0.29) is 6.03 Å². The third-order valence-electron chi connectivity index (χ3n) is 3.00. The minimum Gasteiger partial charge on any atom is -0.314 e. The highest BCUT2D eigenvalue weighted by Gasteiger charge is 2.11. The number of hydrogen-bond acceptors (Lipinski definition) is 1. The molecule has 0 radical (unpaired) electrons. The molecule has 2 rings (SSSR count). The molecule has 0 aliphatic rings. The topological polar surface area (TPSA) is 32.3 Å². The molecule has 0 saturated carbocycles. The van der Waals surface area contributed by atoms with Gasteiger partial charge in [0.2, 0.25) is 0 Å². The number of hydrogen-bond donors (Lipinski definition) is 1. The predicted molar refractivity (Wildman–Crippen MR) is 88.5 cm³/mol. The van der Waals surface area contributed by atoms with Crippen molar-refractivity contribution < 1.29 is 4.79 Å². The van der Waals surface area contributed by atoms with Crippen LogP contribution in [0.5, 0.6) is 0 Å². The molecule has 0 heterocycles. The molecule has 0 aliphatic heterocycles. The highest BCUT2D eigenvalue weighted by molar-refractivity contribution is 6.32. The van der Waals surface area contributed by atoms with Crippen LogP contribution in [0.15, 0.2) is 60.8 Å². The summed E-state index contributed by atoms with van der Waals surface area (Å²) in [6.07, 6.45) is 3.38. The molecule has 0 atom stereocenters. The van der Waals surface area contributed by atoms with Crippen molar-refractivity contribution in [3.8, 4) is 0 Å². The molecule has 0 unspecified atom stereocenters. The second-order valence-corrected chi connectivity index (χ2v) is 4.79. The molecule has 2 aromatic carbocycles. The molecule has 0 fully saturated rings. The summed E-state index contributed by atoms with van der Waals surface area (Å²) in [5, 5.41) is 3.41. The summed E-state index contributed by atoms with van der Waals surface area (Å²) in [5.74, 6) is 0. The number of carbonyl (C=O) groups excluding carboxylic acids is 1. The van der Waals surface area contributed by atoms with E-state index < -0.39 is 0 Å². The molecule has 3 nitrogen and oxygen atoms in total. The van der Waals surface area contributed by atoms with Crippen LogP contribution in [-0.4, -0.2) is 12.6 Å². The van der Waals surface area contributed by atoms with E-state index in [2.05, 4.69) is 5.32 Å². The smallest absolute Gasteiger partial charge is 0.314 e. The summed E-state index contributed by atoms with van der Waals surface area (Å²) >= 11 is 6.05. The second-order valence-electron chi connectivity index (χ2n) is 4.38. The van der Waals surface area contributed by atoms with Crippen LogP contribution in [0.1, 0.15) is 12.5 Å². The molecular weight excluding hydrogens is 284 g/mol. The average molecular weight is 301 g/mol. The van der Waals surface area contributed by atoms with Gasteiger partial charge >= 0.3 is 6.03 Å². The van der Waals surface area contributed by atoms with E-state index in [1.54, 1.807) is 17.2 Å². The zero-order chi connectivity index (χ0) is 15.1. The van der Waals surface area contributed by atoms with Crippen molar-refractivity contribution in [3.05, 3.63) is 71.4 Å². The summed E-state index contributed by atoms with van der Waals surface area (Å²) in [5.41, 5.74) is 1.73. The summed E-state index contributed by atoms with van der Waals surface area (Å²) in [6, 6.07) is 16.8. The maximum atomic E-state index is 12.2. The lowest BCUT2D eigenvalue weighted by atomic mass is 10.2. The SMILES string of the molecule is CCN(C(=O)N/C=C/c1ccccc1Cl)c1ccccc1. The second kappa shape index (κ2) is 7.50. The number of nitrogens with zero attached hydrogens (tertiary/aromatic N) is 1. The molecule has 0 saturated heterocycles. The number of nitrogens with one attached hydrogen (secondary N) is 1. The minimum atomic E-state index is -0.174. The maximum absolute atomic E-state index is 12.2. The Morgan fingerprint density at radius 2 is 1.81 bits per heavy atom. The number of urea groups is 1. The Morgan fingerprint density at radius 3 is 2.48 bits per heavy atom. The molecule has 0 aromatic heterocycles. The molecule has 2 aromatic rings. The van der Waals surface area contributed by atoms with Crippen LogP contribution in [0.25, 0.3) is 6.08 Å². The van der Waals surface area contributed by atoms with Gasteiger partial charge in [0.1, 0.15) is 0 Å². The predicted octanol–water partition coefficient (Wildman–Crippen LogP) is 4.55. The van der Waals surface area contributed by atoms with Gasteiger partial charge in [-0.1, -0.05) is 48.0 Å². The number of anilines is 1. The van der Waals surface area contributed by atoms with Crippen LogP contribution in [0, 0.1) is 0 Å². The van der Waals surface area contributed by atoms with Crippen LogP contribution in [0.4, 0.5) is 10.5 Å². The van der Waals surface area contributed by atoms with Gasteiger partial charge in [-0.3, -0.25) is 4.90 Å². The lowest BCUT2D eigenvalue weighted by Gasteiger charge is -2.20. The van der Waals surface area contributed by atoms with E-state index in [1.165, 1.54) is 0 Å². The molecule has 0 spiro atoms. The van der Waals surface area contributed by atoms with Gasteiger partial charge in [-0.25, -0.2) is 4.79 Å². The van der Waals surface area contributed by atoms with Crippen molar-refractivity contribution in [2.75, 3.05) is 11.4 Å². The minimum absolute atomic E-state index is 0.174. The van der Waals surface area contributed by atoms with Crippen molar-refractivity contribution in [3.63, 3.8) is 0 Å². The Bertz CT molecular complexity index is 626. The number of benzene rings is 2. The summed E-state index contributed by atoms with van der Waals surface area (Å²) in [7, 11) is 0. The van der Waals surface area contributed by atoms with Crippen molar-refractivity contribution >= 4 is 29.4 Å². The first-order valence-electron chi connectivity index (χ1n) is 6.76. The van der Waals surface area contributed by atoms with E-state index in [1.807, 2.05) is 61.5 Å². The third kappa shape index (κ3) is 4.10. The number of carbonyl (C=O) groups is 1. The Morgan fingerprint density at radius 1 is 1.14 bits per heavy atom. The highest BCUT2D eigenvalue weighted by atomic mass is 35.5. The van der Waals surface area contributed by atoms with Gasteiger partial charge in [0.25, 0.3) is 0 Å². The zero-order valence-corrected chi connectivity index (χ0v) is 12.5. The third-order valence-corrected chi connectivity index (χ3v) is 3.35. The monoisotopic (exact) mass is 300 g/mol. The summed E-state index contributed by atoms with van der Waals surface area (Å²) in [6.45, 7) is 2.53. The van der Waals surface area contributed by atoms with Gasteiger partial charge < -0.3 is 5.32 Å². The zero-order valence-electron chi connectivity index (χ0n) is 11.8. The number of amides is 2. The first-order valence-corrected chi connectivity index (χ1v) is 7.14. The van der Waals surface area contributed by atoms with Crippen LogP contribution in [0.2, 0.25) is 5.02 Å². The van der Waals surface area contributed by atoms with Crippen LogP contribution in [0.3, 0.4) is 0 Å². The van der Waals surface area contributed by atoms with Crippen molar-refractivity contribution in [2.45, 2.75) is 6.92 Å². The molecule has 0 aliphatic carbocycles. The van der Waals surface area contributed by atoms with Gasteiger partial charge in [0.15, 0.2) is 0 Å². The molecular formula is C17H17ClN2O. The molecule has 21 heavy (non-hydrogen) atoms. The van der Waals surface area contributed by atoms with Gasteiger partial charge in [-0.05, 0) is 36.8 Å². The lowest BCUT2D eigenvalue weighted by Crippen LogP contribution is -2.37. The highest BCUT2D eigenvalue weighted by Crippen LogP contribution is 2.16. The van der Waals surface area contributed by atoms with Crippen molar-refractivity contribution in [1.82, 2.24) is 5.32 Å². The molecule has 0 bridgehead atoms. The Kier molecular flexibility index (Phi) is 5.41. The van der Waals surface area contributed by atoms with E-state index in [4.69, 9.17) is 11.6 Å². The largest absolute Gasteiger partial charge is 0.325 e. The summed E-state index contributed by atoms with van der Waals surface area (Å²) in [4.78, 5) is 13.8. The van der Waals surface area contributed by atoms with Gasteiger partial charge in [0.05, 0.1) is 0 Å². The Balaban J connectivity index is 2.02. The van der Waals surface area contributed by atoms with Crippen LogP contribution < -0.4 is 10.2 Å². The lowest BCUT2D eigenvalue weighted by molar-refractivity contribution is 0.249. The van der Waals surface area contributed by atoms with E-state index in [0.717, 1.165) is 11.3 Å². The number of para-hydroxylation sites is 1. The number of halogens is 1. The van der Waals surface area contributed by atoms with Crippen molar-refractivity contribution in [1.29, 1.82) is 0 Å². The molecule has 2 amide bonds. The van der Waals surface area contributed by atoms with Crippen molar-refractivity contribution in [2.24, 2.45) is 0 Å². The normalized spacial score (nSPS) is 10.6. The van der Waals surface area contributed by atoms with E-state index >= 15 is 0 Å². The van der Waals surface area contributed by atoms with Gasteiger partial charge in [0, 0.05) is 23.5 Å². The Labute approximate surface area is 129 Å². The maximum Gasteiger partial charge on any atom is 0.325 e. The molecule has 1 N–H and O–H groups in total. The van der Waals surface area contributed by atoms with E-state index in [9.17, 15) is 4.79 Å².